The maximum absolute atomic E-state index is 9.45. The van der Waals surface area contributed by atoms with Crippen molar-refractivity contribution in [1.82, 2.24) is 9.55 Å². The van der Waals surface area contributed by atoms with Crippen LogP contribution in [0.4, 0.5) is 0 Å². The lowest BCUT2D eigenvalue weighted by molar-refractivity contribution is 0.475. The summed E-state index contributed by atoms with van der Waals surface area (Å²) < 4.78 is 2.12. The van der Waals surface area contributed by atoms with Crippen molar-refractivity contribution in [3.8, 4) is 17.0 Å². The number of aryl methyl sites for hydroxylation is 1. The Morgan fingerprint density at radius 1 is 1.38 bits per heavy atom. The van der Waals surface area contributed by atoms with E-state index in [1.54, 1.807) is 12.1 Å². The van der Waals surface area contributed by atoms with E-state index >= 15 is 0 Å². The molecule has 16 heavy (non-hydrogen) atoms. The molecule has 1 N–H and O–H groups in total. The van der Waals surface area contributed by atoms with Gasteiger partial charge in [-0.15, -0.1) is 0 Å². The lowest BCUT2D eigenvalue weighted by Crippen LogP contribution is -1.98. The molecule has 1 aromatic carbocycles. The van der Waals surface area contributed by atoms with E-state index in [0.717, 1.165) is 30.6 Å². The minimum absolute atomic E-state index is 0.292. The van der Waals surface area contributed by atoms with Crippen molar-refractivity contribution in [2.75, 3.05) is 0 Å². The number of rotatable bonds is 4. The summed E-state index contributed by atoms with van der Waals surface area (Å²) >= 11 is 0. The molecule has 0 aliphatic heterocycles. The van der Waals surface area contributed by atoms with Crippen LogP contribution in [0.15, 0.2) is 36.8 Å². The van der Waals surface area contributed by atoms with Crippen LogP contribution in [0.2, 0.25) is 0 Å². The van der Waals surface area contributed by atoms with Crippen LogP contribution in [0.3, 0.4) is 0 Å². The summed E-state index contributed by atoms with van der Waals surface area (Å²) in [6.07, 6.45) is 5.99. The Labute approximate surface area is 95.4 Å². The minimum atomic E-state index is 0.292. The fourth-order valence-corrected chi connectivity index (χ4v) is 1.73. The van der Waals surface area contributed by atoms with E-state index in [4.69, 9.17) is 0 Å². The van der Waals surface area contributed by atoms with Crippen LogP contribution in [-0.2, 0) is 6.54 Å². The number of hydrogen-bond donors (Lipinski definition) is 1. The molecule has 3 nitrogen and oxygen atoms in total. The lowest BCUT2D eigenvalue weighted by Gasteiger charge is -2.07. The van der Waals surface area contributed by atoms with Crippen LogP contribution < -0.4 is 0 Å². The van der Waals surface area contributed by atoms with Gasteiger partial charge in [-0.05, 0) is 18.6 Å². The van der Waals surface area contributed by atoms with Gasteiger partial charge in [-0.1, -0.05) is 25.5 Å². The largest absolute Gasteiger partial charge is 0.508 e. The molecule has 0 aliphatic carbocycles. The lowest BCUT2D eigenvalue weighted by atomic mass is 10.1. The molecule has 0 aliphatic rings. The number of unbranched alkanes of at least 4 members (excludes halogenated alkanes) is 1. The summed E-state index contributed by atoms with van der Waals surface area (Å²) in [4.78, 5) is 4.16. The summed E-state index contributed by atoms with van der Waals surface area (Å²) in [5, 5.41) is 9.45. The molecule has 0 unspecified atom stereocenters. The monoisotopic (exact) mass is 216 g/mol. The summed E-state index contributed by atoms with van der Waals surface area (Å²) in [6.45, 7) is 3.15. The molecule has 0 spiro atoms. The van der Waals surface area contributed by atoms with Gasteiger partial charge >= 0.3 is 0 Å². The topological polar surface area (TPSA) is 38.0 Å². The molecule has 0 amide bonds. The Balaban J connectivity index is 2.29. The number of hydrogen-bond acceptors (Lipinski definition) is 2. The third kappa shape index (κ3) is 2.24. The number of imidazole rings is 1. The second-order valence-corrected chi connectivity index (χ2v) is 3.88. The third-order valence-electron chi connectivity index (χ3n) is 2.61. The van der Waals surface area contributed by atoms with Crippen molar-refractivity contribution in [3.05, 3.63) is 36.8 Å². The van der Waals surface area contributed by atoms with Crippen molar-refractivity contribution in [3.63, 3.8) is 0 Å². The van der Waals surface area contributed by atoms with Crippen LogP contribution >= 0.6 is 0 Å². The highest BCUT2D eigenvalue weighted by molar-refractivity contribution is 5.60. The van der Waals surface area contributed by atoms with Crippen molar-refractivity contribution in [2.24, 2.45) is 0 Å². The molecule has 0 radical (unpaired) electrons. The summed E-state index contributed by atoms with van der Waals surface area (Å²) in [5.74, 6) is 0.292. The number of phenols is 1. The van der Waals surface area contributed by atoms with E-state index in [1.165, 1.54) is 0 Å². The van der Waals surface area contributed by atoms with Gasteiger partial charge in [0.05, 0.1) is 18.2 Å². The second-order valence-electron chi connectivity index (χ2n) is 3.88. The normalized spacial score (nSPS) is 10.6. The van der Waals surface area contributed by atoms with E-state index < -0.39 is 0 Å². The molecule has 3 heteroatoms. The van der Waals surface area contributed by atoms with Crippen LogP contribution in [0.5, 0.6) is 5.75 Å². The first-order chi connectivity index (χ1) is 7.81. The minimum Gasteiger partial charge on any atom is -0.508 e. The number of benzene rings is 1. The molecular weight excluding hydrogens is 200 g/mol. The van der Waals surface area contributed by atoms with Gasteiger partial charge in [0, 0.05) is 12.1 Å². The highest BCUT2D eigenvalue weighted by Gasteiger charge is 2.04. The molecule has 0 atom stereocenters. The second kappa shape index (κ2) is 4.84. The van der Waals surface area contributed by atoms with Gasteiger partial charge < -0.3 is 9.67 Å². The fourth-order valence-electron chi connectivity index (χ4n) is 1.73. The Morgan fingerprint density at radius 2 is 2.25 bits per heavy atom. The third-order valence-corrected chi connectivity index (χ3v) is 2.61. The standard InChI is InChI=1S/C13H16N2O/c1-2-3-7-15-10-14-9-13(15)11-5-4-6-12(16)8-11/h4-6,8-10,16H,2-3,7H2,1H3. The molecule has 0 bridgehead atoms. The predicted octanol–water partition coefficient (Wildman–Crippen LogP) is 3.06. The zero-order valence-corrected chi connectivity index (χ0v) is 9.43. The van der Waals surface area contributed by atoms with Gasteiger partial charge in [0.15, 0.2) is 0 Å². The molecule has 2 rings (SSSR count). The quantitative estimate of drug-likeness (QED) is 0.853. The van der Waals surface area contributed by atoms with E-state index in [-0.39, 0.29) is 0 Å². The summed E-state index contributed by atoms with van der Waals surface area (Å²) in [5.41, 5.74) is 2.07. The van der Waals surface area contributed by atoms with Gasteiger partial charge in [0.1, 0.15) is 5.75 Å². The van der Waals surface area contributed by atoms with E-state index in [2.05, 4.69) is 16.5 Å². The van der Waals surface area contributed by atoms with Gasteiger partial charge in [0.2, 0.25) is 0 Å². The van der Waals surface area contributed by atoms with Gasteiger partial charge in [-0.2, -0.15) is 0 Å². The van der Waals surface area contributed by atoms with E-state index in [1.807, 2.05) is 24.7 Å². The maximum Gasteiger partial charge on any atom is 0.116 e. The number of aromatic hydroxyl groups is 1. The number of nitrogens with zero attached hydrogens (tertiary/aromatic N) is 2. The first-order valence-corrected chi connectivity index (χ1v) is 5.61. The van der Waals surface area contributed by atoms with Crippen molar-refractivity contribution >= 4 is 0 Å². The molecule has 0 saturated carbocycles. The smallest absolute Gasteiger partial charge is 0.116 e. The molecule has 0 fully saturated rings. The Hall–Kier alpha value is -1.77. The summed E-state index contributed by atoms with van der Waals surface area (Å²) in [6, 6.07) is 7.27. The first-order valence-electron chi connectivity index (χ1n) is 5.61. The average molecular weight is 216 g/mol. The molecular formula is C13H16N2O. The van der Waals surface area contributed by atoms with Crippen LogP contribution in [0.25, 0.3) is 11.3 Å². The van der Waals surface area contributed by atoms with Crippen molar-refractivity contribution < 1.29 is 5.11 Å². The number of aromatic nitrogens is 2. The van der Waals surface area contributed by atoms with Gasteiger partial charge in [-0.3, -0.25) is 0 Å². The summed E-state index contributed by atoms with van der Waals surface area (Å²) in [7, 11) is 0. The number of phenolic OH excluding ortho intramolecular Hbond substituents is 1. The first kappa shape index (κ1) is 10.7. The van der Waals surface area contributed by atoms with E-state index in [0.29, 0.717) is 5.75 Å². The average Bonchev–Trinajstić information content (AvgIpc) is 2.74. The van der Waals surface area contributed by atoms with Crippen molar-refractivity contribution in [1.29, 1.82) is 0 Å². The maximum atomic E-state index is 9.45. The predicted molar refractivity (Wildman–Crippen MR) is 64.2 cm³/mol. The van der Waals surface area contributed by atoms with Crippen LogP contribution in [0, 0.1) is 0 Å². The van der Waals surface area contributed by atoms with Crippen LogP contribution in [0.1, 0.15) is 19.8 Å². The SMILES string of the molecule is CCCCn1cncc1-c1cccc(O)c1. The highest BCUT2D eigenvalue weighted by Crippen LogP contribution is 2.23. The van der Waals surface area contributed by atoms with E-state index in [9.17, 15) is 5.11 Å². The Bertz CT molecular complexity index is 462. The van der Waals surface area contributed by atoms with Gasteiger partial charge in [0.25, 0.3) is 0 Å². The zero-order valence-electron chi connectivity index (χ0n) is 9.43. The Kier molecular flexibility index (Phi) is 3.25. The Morgan fingerprint density at radius 3 is 3.00 bits per heavy atom. The molecule has 84 valence electrons. The highest BCUT2D eigenvalue weighted by atomic mass is 16.3. The van der Waals surface area contributed by atoms with Gasteiger partial charge in [-0.25, -0.2) is 4.98 Å². The molecule has 1 heterocycles. The molecule has 2 aromatic rings. The fraction of sp³-hybridized carbons (Fsp3) is 0.308. The van der Waals surface area contributed by atoms with Crippen LogP contribution in [-0.4, -0.2) is 14.7 Å². The molecule has 0 saturated heterocycles. The zero-order chi connectivity index (χ0) is 11.4. The molecule has 1 aromatic heterocycles. The van der Waals surface area contributed by atoms with Crippen molar-refractivity contribution in [2.45, 2.75) is 26.3 Å².